The van der Waals surface area contributed by atoms with Crippen LogP contribution in [0.2, 0.25) is 0 Å². The largest absolute Gasteiger partial charge is 0.378 e. The number of amides is 1. The maximum atomic E-state index is 12.0. The molecule has 106 valence electrons. The monoisotopic (exact) mass is 274 g/mol. The van der Waals surface area contributed by atoms with Gasteiger partial charge in [-0.05, 0) is 31.8 Å². The van der Waals surface area contributed by atoms with Gasteiger partial charge in [-0.2, -0.15) is 11.8 Å². The molecule has 0 radical (unpaired) electrons. The fourth-order valence-corrected chi connectivity index (χ4v) is 2.87. The van der Waals surface area contributed by atoms with Crippen LogP contribution in [0.5, 0.6) is 0 Å². The average molecular weight is 274 g/mol. The average Bonchev–Trinajstić information content (AvgIpc) is 2.34. The van der Waals surface area contributed by atoms with E-state index in [0.29, 0.717) is 0 Å². The van der Waals surface area contributed by atoms with Gasteiger partial charge in [0.1, 0.15) is 0 Å². The highest BCUT2D eigenvalue weighted by Crippen LogP contribution is 2.51. The lowest BCUT2D eigenvalue weighted by Crippen LogP contribution is -2.69. The van der Waals surface area contributed by atoms with Gasteiger partial charge in [-0.15, -0.1) is 0 Å². The number of carbonyl (C=O) groups excluding carboxylic acids is 1. The summed E-state index contributed by atoms with van der Waals surface area (Å²) < 4.78 is 5.54. The van der Waals surface area contributed by atoms with E-state index in [2.05, 4.69) is 26.1 Å². The Balaban J connectivity index is 2.48. The fraction of sp³-hybridized carbons (Fsp3) is 0.923. The van der Waals surface area contributed by atoms with Gasteiger partial charge < -0.3 is 15.8 Å². The zero-order valence-corrected chi connectivity index (χ0v) is 12.9. The molecule has 3 atom stereocenters. The Morgan fingerprint density at radius 3 is 2.61 bits per heavy atom. The molecule has 0 spiro atoms. The molecule has 18 heavy (non-hydrogen) atoms. The molecule has 1 saturated carbocycles. The summed E-state index contributed by atoms with van der Waals surface area (Å²) >= 11 is 1.71. The molecule has 5 heteroatoms. The van der Waals surface area contributed by atoms with Gasteiger partial charge in [0.05, 0.1) is 11.6 Å². The normalized spacial score (nSPS) is 31.6. The number of nitrogens with two attached hydrogens (primary N) is 1. The molecular weight excluding hydrogens is 248 g/mol. The second kappa shape index (κ2) is 5.80. The highest BCUT2D eigenvalue weighted by molar-refractivity contribution is 7.98. The van der Waals surface area contributed by atoms with E-state index in [1.807, 2.05) is 6.26 Å². The van der Waals surface area contributed by atoms with Gasteiger partial charge in [0.15, 0.2) is 0 Å². The highest BCUT2D eigenvalue weighted by atomic mass is 32.2. The number of ether oxygens (including phenoxy) is 1. The van der Waals surface area contributed by atoms with Crippen LogP contribution in [0.15, 0.2) is 0 Å². The smallest absolute Gasteiger partial charge is 0.237 e. The molecule has 0 aromatic heterocycles. The van der Waals surface area contributed by atoms with Gasteiger partial charge in [0.2, 0.25) is 5.91 Å². The van der Waals surface area contributed by atoms with Crippen molar-refractivity contribution in [3.8, 4) is 0 Å². The second-order valence-electron chi connectivity index (χ2n) is 5.81. The Morgan fingerprint density at radius 1 is 1.56 bits per heavy atom. The summed E-state index contributed by atoms with van der Waals surface area (Å²) in [6.07, 6.45) is 3.59. The van der Waals surface area contributed by atoms with E-state index >= 15 is 0 Å². The molecule has 0 aromatic carbocycles. The van der Waals surface area contributed by atoms with E-state index in [1.165, 1.54) is 0 Å². The predicted octanol–water partition coefficient (Wildman–Crippen LogP) is 1.39. The molecule has 0 aliphatic heterocycles. The Labute approximate surface area is 114 Å². The summed E-state index contributed by atoms with van der Waals surface area (Å²) in [4.78, 5) is 12.0. The molecule has 1 fully saturated rings. The lowest BCUT2D eigenvalue weighted by molar-refractivity contribution is -0.182. The van der Waals surface area contributed by atoms with E-state index in [9.17, 15) is 4.79 Å². The Hall–Kier alpha value is -0.260. The molecule has 1 aliphatic carbocycles. The molecule has 4 nitrogen and oxygen atoms in total. The molecule has 0 heterocycles. The third kappa shape index (κ3) is 2.83. The van der Waals surface area contributed by atoms with Crippen LogP contribution in [0, 0.1) is 5.41 Å². The Kier molecular flexibility index (Phi) is 5.09. The number of hydrogen-bond donors (Lipinski definition) is 2. The second-order valence-corrected chi connectivity index (χ2v) is 6.80. The minimum absolute atomic E-state index is 0.0414. The van der Waals surface area contributed by atoms with Crippen LogP contribution < -0.4 is 11.1 Å². The SMILES string of the molecule is COC1(C)CC(NC(=O)[C@@H](N)CCSC)C1(C)C. The van der Waals surface area contributed by atoms with E-state index < -0.39 is 6.04 Å². The molecule has 1 aliphatic rings. The lowest BCUT2D eigenvalue weighted by atomic mass is 9.56. The van der Waals surface area contributed by atoms with E-state index in [-0.39, 0.29) is 23.0 Å². The minimum atomic E-state index is -0.400. The first-order chi connectivity index (χ1) is 8.28. The summed E-state index contributed by atoms with van der Waals surface area (Å²) in [5.74, 6) is 0.874. The Morgan fingerprint density at radius 2 is 2.17 bits per heavy atom. The summed E-state index contributed by atoms with van der Waals surface area (Å²) in [6.45, 7) is 6.33. The van der Waals surface area contributed by atoms with Crippen molar-refractivity contribution in [3.05, 3.63) is 0 Å². The molecule has 0 aromatic rings. The number of rotatable bonds is 6. The molecule has 0 saturated heterocycles. The quantitative estimate of drug-likeness (QED) is 0.768. The van der Waals surface area contributed by atoms with Crippen molar-refractivity contribution in [3.63, 3.8) is 0 Å². The van der Waals surface area contributed by atoms with E-state index in [0.717, 1.165) is 18.6 Å². The van der Waals surface area contributed by atoms with Crippen LogP contribution in [0.3, 0.4) is 0 Å². The molecule has 1 rings (SSSR count). The number of thioether (sulfide) groups is 1. The maximum absolute atomic E-state index is 12.0. The van der Waals surface area contributed by atoms with Crippen LogP contribution in [0.4, 0.5) is 0 Å². The summed E-state index contributed by atoms with van der Waals surface area (Å²) in [6, 6.07) is -0.252. The van der Waals surface area contributed by atoms with Gasteiger partial charge in [-0.25, -0.2) is 0 Å². The number of hydrogen-bond acceptors (Lipinski definition) is 4. The highest BCUT2D eigenvalue weighted by Gasteiger charge is 2.58. The maximum Gasteiger partial charge on any atom is 0.237 e. The zero-order chi connectivity index (χ0) is 14.0. The van der Waals surface area contributed by atoms with Crippen molar-refractivity contribution < 1.29 is 9.53 Å². The molecule has 0 bridgehead atoms. The van der Waals surface area contributed by atoms with Gasteiger partial charge >= 0.3 is 0 Å². The first-order valence-electron chi connectivity index (χ1n) is 6.38. The van der Waals surface area contributed by atoms with Crippen LogP contribution in [0.25, 0.3) is 0 Å². The predicted molar refractivity (Wildman–Crippen MR) is 76.7 cm³/mol. The minimum Gasteiger partial charge on any atom is -0.378 e. The van der Waals surface area contributed by atoms with Crippen molar-refractivity contribution in [2.75, 3.05) is 19.1 Å². The van der Waals surface area contributed by atoms with Gasteiger partial charge in [0.25, 0.3) is 0 Å². The van der Waals surface area contributed by atoms with Crippen LogP contribution in [0.1, 0.15) is 33.6 Å². The molecule has 1 amide bonds. The van der Waals surface area contributed by atoms with E-state index in [4.69, 9.17) is 10.5 Å². The van der Waals surface area contributed by atoms with Crippen LogP contribution >= 0.6 is 11.8 Å². The first-order valence-corrected chi connectivity index (χ1v) is 7.78. The van der Waals surface area contributed by atoms with Crippen molar-refractivity contribution >= 4 is 17.7 Å². The van der Waals surface area contributed by atoms with Crippen LogP contribution in [-0.4, -0.2) is 42.7 Å². The van der Waals surface area contributed by atoms with Gasteiger partial charge in [-0.1, -0.05) is 13.8 Å². The van der Waals surface area contributed by atoms with E-state index in [1.54, 1.807) is 18.9 Å². The lowest BCUT2D eigenvalue weighted by Gasteiger charge is -2.59. The van der Waals surface area contributed by atoms with Crippen molar-refractivity contribution in [1.82, 2.24) is 5.32 Å². The van der Waals surface area contributed by atoms with Crippen molar-refractivity contribution in [2.24, 2.45) is 11.1 Å². The number of carbonyl (C=O) groups is 1. The molecule has 3 N–H and O–H groups in total. The first kappa shape index (κ1) is 15.8. The van der Waals surface area contributed by atoms with Gasteiger partial charge in [-0.3, -0.25) is 4.79 Å². The van der Waals surface area contributed by atoms with Crippen molar-refractivity contribution in [2.45, 2.75) is 51.3 Å². The fourth-order valence-electron chi connectivity index (χ4n) is 2.38. The Bertz CT molecular complexity index is 309. The van der Waals surface area contributed by atoms with Crippen LogP contribution in [-0.2, 0) is 9.53 Å². The standard InChI is InChI=1S/C13H26N2O2S/c1-12(2)10(8-13(12,3)17-4)15-11(16)9(14)6-7-18-5/h9-10H,6-8,14H2,1-5H3,(H,15,16)/t9-,10?,13?/m0/s1. The number of nitrogens with one attached hydrogen (secondary N) is 1. The third-order valence-corrected chi connectivity index (χ3v) is 5.21. The summed E-state index contributed by atoms with van der Waals surface area (Å²) in [7, 11) is 1.73. The molecular formula is C13H26N2O2S. The summed E-state index contributed by atoms with van der Waals surface area (Å²) in [5, 5.41) is 3.05. The van der Waals surface area contributed by atoms with Gasteiger partial charge in [0, 0.05) is 18.6 Å². The number of methoxy groups -OCH3 is 1. The van der Waals surface area contributed by atoms with Crippen molar-refractivity contribution in [1.29, 1.82) is 0 Å². The summed E-state index contributed by atoms with van der Waals surface area (Å²) in [5.41, 5.74) is 5.65. The molecule has 2 unspecified atom stereocenters. The third-order valence-electron chi connectivity index (χ3n) is 4.56. The topological polar surface area (TPSA) is 64.3 Å². The zero-order valence-electron chi connectivity index (χ0n) is 12.1.